The van der Waals surface area contributed by atoms with Crippen LogP contribution in [0.1, 0.15) is 56.6 Å². The third-order valence-corrected chi connectivity index (χ3v) is 6.46. The van der Waals surface area contributed by atoms with E-state index in [1.807, 2.05) is 0 Å². The lowest BCUT2D eigenvalue weighted by atomic mass is 9.51. The summed E-state index contributed by atoms with van der Waals surface area (Å²) in [5.41, 5.74) is 7.71. The van der Waals surface area contributed by atoms with Crippen LogP contribution in [0, 0.1) is 29.6 Å². The van der Waals surface area contributed by atoms with Crippen molar-refractivity contribution in [2.45, 2.75) is 51.0 Å². The molecule has 0 saturated heterocycles. The van der Waals surface area contributed by atoms with E-state index >= 15 is 0 Å². The summed E-state index contributed by atoms with van der Waals surface area (Å²) < 4.78 is 0. The van der Waals surface area contributed by atoms with Crippen molar-refractivity contribution in [2.75, 3.05) is 0 Å². The second-order valence-corrected chi connectivity index (χ2v) is 7.69. The standard InChI is InChI=1S/C19H27N/c20-19(15-4-2-1-3-5-15)7-6-18-16-9-13-8-14(11-16)12-17(18)10-13/h1-5,13-14,16-19H,6-12,20H2. The van der Waals surface area contributed by atoms with Gasteiger partial charge in [-0.15, -0.1) is 0 Å². The van der Waals surface area contributed by atoms with Crippen LogP contribution in [-0.2, 0) is 0 Å². The smallest absolute Gasteiger partial charge is 0.0294 e. The first-order valence-corrected chi connectivity index (χ1v) is 8.60. The molecule has 0 spiro atoms. The van der Waals surface area contributed by atoms with Crippen LogP contribution in [0.4, 0.5) is 0 Å². The quantitative estimate of drug-likeness (QED) is 0.853. The summed E-state index contributed by atoms with van der Waals surface area (Å²) in [4.78, 5) is 0. The zero-order chi connectivity index (χ0) is 13.5. The van der Waals surface area contributed by atoms with E-state index in [4.69, 9.17) is 5.73 Å². The molecule has 1 nitrogen and oxygen atoms in total. The molecule has 0 aliphatic heterocycles. The maximum Gasteiger partial charge on any atom is 0.0294 e. The largest absolute Gasteiger partial charge is 0.324 e. The molecule has 1 heteroatoms. The SMILES string of the molecule is NC(CCC1C2CC3CC(C2)CC1C3)c1ccccc1. The molecule has 108 valence electrons. The summed E-state index contributed by atoms with van der Waals surface area (Å²) >= 11 is 0. The van der Waals surface area contributed by atoms with Gasteiger partial charge in [0.2, 0.25) is 0 Å². The lowest BCUT2D eigenvalue weighted by Gasteiger charge is -2.54. The average molecular weight is 269 g/mol. The predicted octanol–water partition coefficient (Wildman–Crippen LogP) is 4.54. The molecule has 4 aliphatic rings. The first-order chi connectivity index (χ1) is 9.79. The molecule has 1 atom stereocenters. The highest BCUT2D eigenvalue weighted by molar-refractivity contribution is 5.18. The van der Waals surface area contributed by atoms with Gasteiger partial charge in [-0.05, 0) is 80.1 Å². The van der Waals surface area contributed by atoms with E-state index < -0.39 is 0 Å². The molecule has 4 bridgehead atoms. The Hall–Kier alpha value is -0.820. The molecule has 4 aliphatic carbocycles. The van der Waals surface area contributed by atoms with E-state index in [1.54, 1.807) is 6.42 Å². The molecule has 4 fully saturated rings. The van der Waals surface area contributed by atoms with Gasteiger partial charge in [0.1, 0.15) is 0 Å². The monoisotopic (exact) mass is 269 g/mol. The molecule has 20 heavy (non-hydrogen) atoms. The average Bonchev–Trinajstić information content (AvgIpc) is 2.46. The topological polar surface area (TPSA) is 26.0 Å². The van der Waals surface area contributed by atoms with Crippen molar-refractivity contribution >= 4 is 0 Å². The van der Waals surface area contributed by atoms with Crippen molar-refractivity contribution < 1.29 is 0 Å². The molecular formula is C19H27N. The Labute approximate surface area is 122 Å². The number of benzene rings is 1. The Morgan fingerprint density at radius 1 is 0.900 bits per heavy atom. The Kier molecular flexibility index (Phi) is 3.34. The van der Waals surface area contributed by atoms with Gasteiger partial charge < -0.3 is 5.73 Å². The normalized spacial score (nSPS) is 40.0. The molecule has 0 aromatic heterocycles. The van der Waals surface area contributed by atoms with E-state index in [0.29, 0.717) is 0 Å². The summed E-state index contributed by atoms with van der Waals surface area (Å²) in [6.07, 6.45) is 10.3. The molecule has 0 radical (unpaired) electrons. The van der Waals surface area contributed by atoms with Gasteiger partial charge in [-0.2, -0.15) is 0 Å². The Morgan fingerprint density at radius 3 is 2.10 bits per heavy atom. The van der Waals surface area contributed by atoms with Gasteiger partial charge in [-0.25, -0.2) is 0 Å². The fourth-order valence-corrected chi connectivity index (χ4v) is 5.75. The van der Waals surface area contributed by atoms with Crippen LogP contribution in [0.15, 0.2) is 30.3 Å². The molecule has 4 saturated carbocycles. The lowest BCUT2D eigenvalue weighted by molar-refractivity contribution is -0.0408. The zero-order valence-electron chi connectivity index (χ0n) is 12.4. The van der Waals surface area contributed by atoms with Crippen molar-refractivity contribution in [1.82, 2.24) is 0 Å². The minimum atomic E-state index is 0.244. The van der Waals surface area contributed by atoms with Gasteiger partial charge in [-0.1, -0.05) is 30.3 Å². The van der Waals surface area contributed by atoms with E-state index in [2.05, 4.69) is 30.3 Å². The summed E-state index contributed by atoms with van der Waals surface area (Å²) in [6, 6.07) is 10.9. The minimum Gasteiger partial charge on any atom is -0.324 e. The van der Waals surface area contributed by atoms with Crippen LogP contribution >= 0.6 is 0 Å². The van der Waals surface area contributed by atoms with Gasteiger partial charge in [-0.3, -0.25) is 0 Å². The molecule has 5 rings (SSSR count). The van der Waals surface area contributed by atoms with Crippen molar-refractivity contribution in [3.05, 3.63) is 35.9 Å². The molecule has 1 aromatic rings. The number of nitrogens with two attached hydrogens (primary N) is 1. The molecule has 2 N–H and O–H groups in total. The van der Waals surface area contributed by atoms with Crippen LogP contribution in [0.3, 0.4) is 0 Å². The summed E-state index contributed by atoms with van der Waals surface area (Å²) in [6.45, 7) is 0. The molecule has 0 heterocycles. The second-order valence-electron chi connectivity index (χ2n) is 7.69. The van der Waals surface area contributed by atoms with Crippen LogP contribution in [0.5, 0.6) is 0 Å². The van der Waals surface area contributed by atoms with Gasteiger partial charge >= 0.3 is 0 Å². The van der Waals surface area contributed by atoms with Gasteiger partial charge in [0.25, 0.3) is 0 Å². The van der Waals surface area contributed by atoms with Crippen molar-refractivity contribution in [3.63, 3.8) is 0 Å². The van der Waals surface area contributed by atoms with Crippen LogP contribution in [0.2, 0.25) is 0 Å². The third kappa shape index (κ3) is 2.30. The van der Waals surface area contributed by atoms with Crippen LogP contribution in [0.25, 0.3) is 0 Å². The van der Waals surface area contributed by atoms with E-state index in [1.165, 1.54) is 44.1 Å². The van der Waals surface area contributed by atoms with Crippen LogP contribution < -0.4 is 5.73 Å². The summed E-state index contributed by atoms with van der Waals surface area (Å²) in [7, 11) is 0. The molecule has 1 unspecified atom stereocenters. The van der Waals surface area contributed by atoms with E-state index in [9.17, 15) is 0 Å². The van der Waals surface area contributed by atoms with Gasteiger partial charge in [0.15, 0.2) is 0 Å². The molecular weight excluding hydrogens is 242 g/mol. The highest BCUT2D eigenvalue weighted by Gasteiger charge is 2.47. The van der Waals surface area contributed by atoms with E-state index in [0.717, 1.165) is 29.6 Å². The second kappa shape index (κ2) is 5.18. The Morgan fingerprint density at radius 2 is 1.50 bits per heavy atom. The van der Waals surface area contributed by atoms with Gasteiger partial charge in [0.05, 0.1) is 0 Å². The van der Waals surface area contributed by atoms with E-state index in [-0.39, 0.29) is 6.04 Å². The maximum absolute atomic E-state index is 6.40. The number of rotatable bonds is 4. The fraction of sp³-hybridized carbons (Fsp3) is 0.684. The number of hydrogen-bond acceptors (Lipinski definition) is 1. The highest BCUT2D eigenvalue weighted by Crippen LogP contribution is 2.57. The summed E-state index contributed by atoms with van der Waals surface area (Å²) in [5, 5.41) is 0. The maximum atomic E-state index is 6.40. The third-order valence-electron chi connectivity index (χ3n) is 6.46. The molecule has 0 amide bonds. The lowest BCUT2D eigenvalue weighted by Crippen LogP contribution is -2.45. The molecule has 1 aromatic carbocycles. The number of hydrogen-bond donors (Lipinski definition) is 1. The first-order valence-electron chi connectivity index (χ1n) is 8.60. The first kappa shape index (κ1) is 12.9. The van der Waals surface area contributed by atoms with Crippen molar-refractivity contribution in [2.24, 2.45) is 35.3 Å². The Bertz CT molecular complexity index is 424. The summed E-state index contributed by atoms with van der Waals surface area (Å²) in [5.74, 6) is 5.29. The zero-order valence-corrected chi connectivity index (χ0v) is 12.4. The van der Waals surface area contributed by atoms with Crippen LogP contribution in [-0.4, -0.2) is 0 Å². The minimum absolute atomic E-state index is 0.244. The Balaban J connectivity index is 1.38. The van der Waals surface area contributed by atoms with Crippen molar-refractivity contribution in [1.29, 1.82) is 0 Å². The van der Waals surface area contributed by atoms with Gasteiger partial charge in [0, 0.05) is 6.04 Å². The predicted molar refractivity (Wildman–Crippen MR) is 83.1 cm³/mol. The fourth-order valence-electron chi connectivity index (χ4n) is 5.75. The van der Waals surface area contributed by atoms with Crippen molar-refractivity contribution in [3.8, 4) is 0 Å². The highest BCUT2D eigenvalue weighted by atomic mass is 14.6.